The first kappa shape index (κ1) is 19.5. The molecule has 4 aromatic rings. The predicted molar refractivity (Wildman–Crippen MR) is 121 cm³/mol. The number of anilines is 2. The van der Waals surface area contributed by atoms with Gasteiger partial charge in [0.1, 0.15) is 12.4 Å². The first-order valence-corrected chi connectivity index (χ1v) is 10.7. The smallest absolute Gasteiger partial charge is 0.255 e. The van der Waals surface area contributed by atoms with Crippen molar-refractivity contribution in [1.82, 2.24) is 14.5 Å². The van der Waals surface area contributed by atoms with E-state index >= 15 is 0 Å². The first-order valence-electron chi connectivity index (χ1n) is 9.93. The van der Waals surface area contributed by atoms with E-state index in [1.807, 2.05) is 34.9 Å². The van der Waals surface area contributed by atoms with Crippen molar-refractivity contribution in [1.29, 1.82) is 0 Å². The van der Waals surface area contributed by atoms with E-state index in [0.29, 0.717) is 31.0 Å². The van der Waals surface area contributed by atoms with Gasteiger partial charge >= 0.3 is 0 Å². The average Bonchev–Trinajstić information content (AvgIpc) is 3.36. The molecule has 2 aromatic carbocycles. The molecule has 0 saturated heterocycles. The molecule has 158 valence electrons. The summed E-state index contributed by atoms with van der Waals surface area (Å²) in [5.41, 5.74) is 3.89. The number of nitrogens with one attached hydrogen (secondary N) is 2. The number of nitrogens with zero attached hydrogens (tertiary/aromatic N) is 3. The van der Waals surface area contributed by atoms with Crippen LogP contribution in [0.3, 0.4) is 0 Å². The molecule has 0 spiro atoms. The summed E-state index contributed by atoms with van der Waals surface area (Å²) in [7, 11) is 1.67. The molecule has 2 aromatic heterocycles. The molecule has 0 atom stereocenters. The second kappa shape index (κ2) is 8.37. The SMILES string of the molecule is COCCNc1nc2cc(NC(=O)c3ccc4c(c3)-c3cncn3CCO4)ccc2s1. The number of carbonyl (C=O) groups excluding carboxylic acids is 1. The van der Waals surface area contributed by atoms with Gasteiger partial charge in [-0.3, -0.25) is 4.79 Å². The van der Waals surface area contributed by atoms with Gasteiger partial charge in [0.15, 0.2) is 5.13 Å². The lowest BCUT2D eigenvalue weighted by Crippen LogP contribution is -2.12. The van der Waals surface area contributed by atoms with E-state index in [9.17, 15) is 4.79 Å². The van der Waals surface area contributed by atoms with Crippen LogP contribution < -0.4 is 15.4 Å². The molecule has 1 aliphatic heterocycles. The summed E-state index contributed by atoms with van der Waals surface area (Å²) in [5, 5.41) is 7.04. The van der Waals surface area contributed by atoms with Crippen LogP contribution in [-0.4, -0.2) is 47.3 Å². The number of imidazole rings is 1. The van der Waals surface area contributed by atoms with Crippen LogP contribution in [0.4, 0.5) is 10.8 Å². The summed E-state index contributed by atoms with van der Waals surface area (Å²) in [6.07, 6.45) is 3.58. The largest absolute Gasteiger partial charge is 0.491 e. The zero-order chi connectivity index (χ0) is 21.2. The Balaban J connectivity index is 1.36. The molecule has 3 heterocycles. The van der Waals surface area contributed by atoms with Gasteiger partial charge in [0.25, 0.3) is 5.91 Å². The number of methoxy groups -OCH3 is 1. The normalized spacial score (nSPS) is 12.5. The number of thiazole rings is 1. The second-order valence-electron chi connectivity index (χ2n) is 7.11. The lowest BCUT2D eigenvalue weighted by molar-refractivity contribution is 0.102. The number of carbonyl (C=O) groups is 1. The fourth-order valence-electron chi connectivity index (χ4n) is 3.52. The highest BCUT2D eigenvalue weighted by molar-refractivity contribution is 7.22. The van der Waals surface area contributed by atoms with Crippen LogP contribution in [0, 0.1) is 0 Å². The molecule has 5 rings (SSSR count). The van der Waals surface area contributed by atoms with Gasteiger partial charge in [-0.15, -0.1) is 0 Å². The van der Waals surface area contributed by atoms with E-state index in [-0.39, 0.29) is 5.91 Å². The van der Waals surface area contributed by atoms with Crippen LogP contribution in [0.25, 0.3) is 21.5 Å². The zero-order valence-electron chi connectivity index (χ0n) is 16.9. The number of hydrogen-bond acceptors (Lipinski definition) is 7. The van der Waals surface area contributed by atoms with E-state index in [2.05, 4.69) is 20.6 Å². The monoisotopic (exact) mass is 435 g/mol. The summed E-state index contributed by atoms with van der Waals surface area (Å²) in [5.74, 6) is 0.569. The Labute approximate surface area is 182 Å². The van der Waals surface area contributed by atoms with Crippen LogP contribution in [0.5, 0.6) is 5.75 Å². The van der Waals surface area contributed by atoms with Crippen LogP contribution in [-0.2, 0) is 11.3 Å². The maximum Gasteiger partial charge on any atom is 0.255 e. The molecule has 9 heteroatoms. The number of aromatic nitrogens is 3. The van der Waals surface area contributed by atoms with Gasteiger partial charge < -0.3 is 24.7 Å². The maximum atomic E-state index is 12.9. The van der Waals surface area contributed by atoms with Gasteiger partial charge in [0.2, 0.25) is 0 Å². The van der Waals surface area contributed by atoms with Gasteiger partial charge in [0.05, 0.1) is 41.6 Å². The number of rotatable bonds is 6. The third-order valence-corrected chi connectivity index (χ3v) is 6.04. The first-order chi connectivity index (χ1) is 15.2. The number of fused-ring (bicyclic) bond motifs is 4. The summed E-state index contributed by atoms with van der Waals surface area (Å²) in [4.78, 5) is 21.7. The quantitative estimate of drug-likeness (QED) is 0.447. The number of ether oxygens (including phenoxy) is 2. The second-order valence-corrected chi connectivity index (χ2v) is 8.14. The van der Waals surface area contributed by atoms with Gasteiger partial charge in [-0.1, -0.05) is 11.3 Å². The molecule has 8 nitrogen and oxygen atoms in total. The Bertz CT molecular complexity index is 1250. The minimum Gasteiger partial charge on any atom is -0.491 e. The highest BCUT2D eigenvalue weighted by Gasteiger charge is 2.18. The molecule has 0 bridgehead atoms. The van der Waals surface area contributed by atoms with Gasteiger partial charge in [-0.05, 0) is 36.4 Å². The van der Waals surface area contributed by atoms with Crippen molar-refractivity contribution in [2.45, 2.75) is 6.54 Å². The minimum absolute atomic E-state index is 0.189. The maximum absolute atomic E-state index is 12.9. The summed E-state index contributed by atoms with van der Waals surface area (Å²) < 4.78 is 14.0. The Hall–Kier alpha value is -3.43. The van der Waals surface area contributed by atoms with E-state index < -0.39 is 0 Å². The van der Waals surface area contributed by atoms with Crippen molar-refractivity contribution >= 4 is 38.3 Å². The Morgan fingerprint density at radius 3 is 3.13 bits per heavy atom. The van der Waals surface area contributed by atoms with Crippen LogP contribution in [0.2, 0.25) is 0 Å². The van der Waals surface area contributed by atoms with Crippen LogP contribution >= 0.6 is 11.3 Å². The van der Waals surface area contributed by atoms with E-state index in [1.54, 1.807) is 37.0 Å². The Morgan fingerprint density at radius 1 is 1.29 bits per heavy atom. The van der Waals surface area contributed by atoms with Crippen molar-refractivity contribution < 1.29 is 14.3 Å². The predicted octanol–water partition coefficient (Wildman–Crippen LogP) is 3.86. The third-order valence-electron chi connectivity index (χ3n) is 5.05. The van der Waals surface area contributed by atoms with Gasteiger partial charge in [-0.2, -0.15) is 0 Å². The van der Waals surface area contributed by atoms with Crippen LogP contribution in [0.15, 0.2) is 48.9 Å². The number of hydrogen-bond donors (Lipinski definition) is 2. The molecule has 1 aliphatic rings. The van der Waals surface area contributed by atoms with Crippen molar-refractivity contribution in [3.63, 3.8) is 0 Å². The molecule has 0 unspecified atom stereocenters. The Kier molecular flexibility index (Phi) is 5.27. The molecule has 0 aliphatic carbocycles. The van der Waals surface area contributed by atoms with Crippen molar-refractivity contribution in [2.75, 3.05) is 37.5 Å². The highest BCUT2D eigenvalue weighted by atomic mass is 32.1. The lowest BCUT2D eigenvalue weighted by Gasteiger charge is -2.10. The Morgan fingerprint density at radius 2 is 2.23 bits per heavy atom. The van der Waals surface area contributed by atoms with E-state index in [1.165, 1.54) is 0 Å². The molecular weight excluding hydrogens is 414 g/mol. The van der Waals surface area contributed by atoms with E-state index in [0.717, 1.165) is 38.9 Å². The van der Waals surface area contributed by atoms with E-state index in [4.69, 9.17) is 9.47 Å². The molecule has 2 N–H and O–H groups in total. The fourth-order valence-corrected chi connectivity index (χ4v) is 4.39. The molecule has 0 radical (unpaired) electrons. The molecule has 0 fully saturated rings. The van der Waals surface area contributed by atoms with Gasteiger partial charge in [0, 0.05) is 30.5 Å². The van der Waals surface area contributed by atoms with Crippen LogP contribution in [0.1, 0.15) is 10.4 Å². The molecule has 0 saturated carbocycles. The fraction of sp³-hybridized carbons (Fsp3) is 0.227. The summed E-state index contributed by atoms with van der Waals surface area (Å²) in [6, 6.07) is 11.2. The topological polar surface area (TPSA) is 90.3 Å². The zero-order valence-corrected chi connectivity index (χ0v) is 17.7. The average molecular weight is 436 g/mol. The van der Waals surface area contributed by atoms with Crippen molar-refractivity contribution in [3.05, 3.63) is 54.5 Å². The number of amides is 1. The highest BCUT2D eigenvalue weighted by Crippen LogP contribution is 2.33. The standard InChI is InChI=1S/C22H21N5O3S/c1-29-8-6-24-22-26-17-11-15(3-5-20(17)31-22)25-21(28)14-2-4-19-16(10-14)18-12-23-13-27(18)7-9-30-19/h2-5,10-13H,6-9H2,1H3,(H,24,26)(H,25,28). The van der Waals surface area contributed by atoms with Gasteiger partial charge in [-0.25, -0.2) is 9.97 Å². The molecule has 31 heavy (non-hydrogen) atoms. The summed E-state index contributed by atoms with van der Waals surface area (Å²) in [6.45, 7) is 2.60. The van der Waals surface area contributed by atoms with Crippen molar-refractivity contribution in [3.8, 4) is 17.0 Å². The third kappa shape index (κ3) is 3.97. The number of benzene rings is 2. The molecule has 1 amide bonds. The van der Waals surface area contributed by atoms with Crippen molar-refractivity contribution in [2.24, 2.45) is 0 Å². The lowest BCUT2D eigenvalue weighted by atomic mass is 10.1. The molecular formula is C22H21N5O3S. The minimum atomic E-state index is -0.189. The summed E-state index contributed by atoms with van der Waals surface area (Å²) >= 11 is 1.57.